The number of nitrogens with one attached hydrogen (secondary N) is 1. The minimum atomic E-state index is -0.274. The Morgan fingerprint density at radius 1 is 1.64 bits per heavy atom. The van der Waals surface area contributed by atoms with Crippen LogP contribution >= 0.6 is 11.6 Å². The molecule has 1 aliphatic heterocycles. The number of likely N-dealkylation sites (tertiary alicyclic amines) is 1. The van der Waals surface area contributed by atoms with Crippen molar-refractivity contribution >= 4 is 23.2 Å². The SMILES string of the molecule is CC(C(=O)Nc1ccc(C#N)c(Cl)c1)N1CCCC(CO)C1. The van der Waals surface area contributed by atoms with Gasteiger partial charge in [-0.3, -0.25) is 9.69 Å². The lowest BCUT2D eigenvalue weighted by Crippen LogP contribution is -2.47. The second-order valence-corrected chi connectivity index (χ2v) is 6.06. The molecule has 0 aliphatic carbocycles. The van der Waals surface area contributed by atoms with E-state index in [-0.39, 0.29) is 24.5 Å². The van der Waals surface area contributed by atoms with Gasteiger partial charge < -0.3 is 10.4 Å². The highest BCUT2D eigenvalue weighted by Crippen LogP contribution is 2.22. The maximum Gasteiger partial charge on any atom is 0.241 e. The lowest BCUT2D eigenvalue weighted by atomic mass is 9.97. The zero-order valence-corrected chi connectivity index (χ0v) is 13.3. The summed E-state index contributed by atoms with van der Waals surface area (Å²) in [5.74, 6) is 0.132. The molecule has 1 aromatic carbocycles. The molecule has 1 heterocycles. The first-order chi connectivity index (χ1) is 10.5. The van der Waals surface area contributed by atoms with Crippen LogP contribution in [0.15, 0.2) is 18.2 Å². The normalized spacial score (nSPS) is 20.2. The molecular weight excluding hydrogens is 302 g/mol. The summed E-state index contributed by atoms with van der Waals surface area (Å²) >= 11 is 5.97. The van der Waals surface area contributed by atoms with Gasteiger partial charge in [-0.2, -0.15) is 5.26 Å². The number of benzene rings is 1. The molecule has 5 nitrogen and oxygen atoms in total. The Labute approximate surface area is 135 Å². The number of nitrogens with zero attached hydrogens (tertiary/aromatic N) is 2. The molecule has 2 N–H and O–H groups in total. The number of amides is 1. The van der Waals surface area contributed by atoms with E-state index < -0.39 is 0 Å². The minimum Gasteiger partial charge on any atom is -0.396 e. The molecule has 1 aromatic rings. The van der Waals surface area contributed by atoms with Crippen LogP contribution in [0.1, 0.15) is 25.3 Å². The fraction of sp³-hybridized carbons (Fsp3) is 0.500. The number of carbonyl (C=O) groups excluding carboxylic acids is 1. The molecule has 0 saturated carbocycles. The van der Waals surface area contributed by atoms with Crippen molar-refractivity contribution in [3.05, 3.63) is 28.8 Å². The predicted octanol–water partition coefficient (Wildman–Crippen LogP) is 2.24. The summed E-state index contributed by atoms with van der Waals surface area (Å²) in [4.78, 5) is 14.4. The van der Waals surface area contributed by atoms with Crippen LogP contribution in [0.3, 0.4) is 0 Å². The van der Waals surface area contributed by atoms with E-state index in [1.165, 1.54) is 0 Å². The van der Waals surface area contributed by atoms with Crippen molar-refractivity contribution in [2.24, 2.45) is 5.92 Å². The summed E-state index contributed by atoms with van der Waals surface area (Å²) < 4.78 is 0. The molecule has 1 fully saturated rings. The largest absolute Gasteiger partial charge is 0.396 e. The summed E-state index contributed by atoms with van der Waals surface area (Å²) in [6.07, 6.45) is 2.00. The molecule has 118 valence electrons. The van der Waals surface area contributed by atoms with Crippen LogP contribution < -0.4 is 5.32 Å². The van der Waals surface area contributed by atoms with Crippen molar-refractivity contribution in [1.29, 1.82) is 5.26 Å². The van der Waals surface area contributed by atoms with Gasteiger partial charge in [-0.1, -0.05) is 11.6 Å². The molecule has 0 radical (unpaired) electrons. The van der Waals surface area contributed by atoms with Crippen molar-refractivity contribution in [2.45, 2.75) is 25.8 Å². The molecule has 6 heteroatoms. The summed E-state index contributed by atoms with van der Waals surface area (Å²) in [5.41, 5.74) is 0.964. The Morgan fingerprint density at radius 2 is 2.41 bits per heavy atom. The van der Waals surface area contributed by atoms with Gasteiger partial charge in [-0.15, -0.1) is 0 Å². The van der Waals surface area contributed by atoms with Gasteiger partial charge in [0.15, 0.2) is 0 Å². The van der Waals surface area contributed by atoms with E-state index in [1.807, 2.05) is 13.0 Å². The van der Waals surface area contributed by atoms with Crippen LogP contribution in [0.5, 0.6) is 0 Å². The third-order valence-corrected chi connectivity index (χ3v) is 4.41. The van der Waals surface area contributed by atoms with Crippen LogP contribution in [-0.2, 0) is 4.79 Å². The standard InChI is InChI=1S/C16H20ClN3O2/c1-11(20-6-2-3-12(9-20)10-21)16(22)19-14-5-4-13(8-18)15(17)7-14/h4-5,7,11-12,21H,2-3,6,9-10H2,1H3,(H,19,22). The first kappa shape index (κ1) is 16.8. The van der Waals surface area contributed by atoms with Gasteiger partial charge in [-0.25, -0.2) is 0 Å². The third-order valence-electron chi connectivity index (χ3n) is 4.09. The number of hydrogen-bond donors (Lipinski definition) is 2. The second kappa shape index (κ2) is 7.59. The van der Waals surface area contributed by atoms with Crippen LogP contribution in [-0.4, -0.2) is 41.7 Å². The van der Waals surface area contributed by atoms with Crippen molar-refractivity contribution in [1.82, 2.24) is 4.90 Å². The maximum absolute atomic E-state index is 12.3. The molecule has 2 rings (SSSR count). The Balaban J connectivity index is 1.99. The van der Waals surface area contributed by atoms with E-state index in [0.29, 0.717) is 16.3 Å². The smallest absolute Gasteiger partial charge is 0.241 e. The van der Waals surface area contributed by atoms with Crippen LogP contribution in [0.4, 0.5) is 5.69 Å². The number of hydrogen-bond acceptors (Lipinski definition) is 4. The number of aliphatic hydroxyl groups excluding tert-OH is 1. The minimum absolute atomic E-state index is 0.112. The van der Waals surface area contributed by atoms with E-state index in [4.69, 9.17) is 16.9 Å². The Kier molecular flexibility index (Phi) is 5.78. The van der Waals surface area contributed by atoms with Crippen molar-refractivity contribution < 1.29 is 9.90 Å². The number of carbonyl (C=O) groups is 1. The molecule has 2 unspecified atom stereocenters. The number of anilines is 1. The number of halogens is 1. The molecule has 2 atom stereocenters. The van der Waals surface area contributed by atoms with Gasteiger partial charge in [0.1, 0.15) is 6.07 Å². The molecule has 22 heavy (non-hydrogen) atoms. The molecule has 1 saturated heterocycles. The van der Waals surface area contributed by atoms with Crippen LogP contribution in [0, 0.1) is 17.2 Å². The van der Waals surface area contributed by atoms with Gasteiger partial charge in [0.25, 0.3) is 0 Å². The van der Waals surface area contributed by atoms with Crippen molar-refractivity contribution in [3.63, 3.8) is 0 Å². The summed E-state index contributed by atoms with van der Waals surface area (Å²) in [7, 11) is 0. The number of piperidine rings is 1. The Morgan fingerprint density at radius 3 is 3.05 bits per heavy atom. The summed E-state index contributed by atoms with van der Waals surface area (Å²) in [6, 6.07) is 6.55. The van der Waals surface area contributed by atoms with Gasteiger partial charge in [0, 0.05) is 18.8 Å². The second-order valence-electron chi connectivity index (χ2n) is 5.66. The molecule has 0 aromatic heterocycles. The number of aliphatic hydroxyl groups is 1. The Bertz CT molecular complexity index is 585. The zero-order chi connectivity index (χ0) is 16.1. The highest BCUT2D eigenvalue weighted by atomic mass is 35.5. The molecule has 0 bridgehead atoms. The average molecular weight is 322 g/mol. The lowest BCUT2D eigenvalue weighted by molar-refractivity contribution is -0.121. The number of rotatable bonds is 4. The fourth-order valence-electron chi connectivity index (χ4n) is 2.69. The highest BCUT2D eigenvalue weighted by Gasteiger charge is 2.27. The van der Waals surface area contributed by atoms with Crippen molar-refractivity contribution in [2.75, 3.05) is 25.0 Å². The van der Waals surface area contributed by atoms with Crippen LogP contribution in [0.2, 0.25) is 5.02 Å². The molecule has 1 aliphatic rings. The fourth-order valence-corrected chi connectivity index (χ4v) is 2.92. The van der Waals surface area contributed by atoms with Crippen molar-refractivity contribution in [3.8, 4) is 6.07 Å². The van der Waals surface area contributed by atoms with E-state index in [2.05, 4.69) is 10.2 Å². The van der Waals surface area contributed by atoms with E-state index >= 15 is 0 Å². The maximum atomic E-state index is 12.3. The van der Waals surface area contributed by atoms with Gasteiger partial charge in [0.05, 0.1) is 16.6 Å². The monoisotopic (exact) mass is 321 g/mol. The highest BCUT2D eigenvalue weighted by molar-refractivity contribution is 6.32. The number of nitriles is 1. The average Bonchev–Trinajstić information content (AvgIpc) is 2.54. The van der Waals surface area contributed by atoms with Gasteiger partial charge in [-0.05, 0) is 50.4 Å². The summed E-state index contributed by atoms with van der Waals surface area (Å²) in [5, 5.41) is 21.3. The first-order valence-electron chi connectivity index (χ1n) is 7.40. The third kappa shape index (κ3) is 3.98. The quantitative estimate of drug-likeness (QED) is 0.891. The topological polar surface area (TPSA) is 76.4 Å². The summed E-state index contributed by atoms with van der Waals surface area (Å²) in [6.45, 7) is 3.62. The first-order valence-corrected chi connectivity index (χ1v) is 7.78. The predicted molar refractivity (Wildman–Crippen MR) is 85.6 cm³/mol. The van der Waals surface area contributed by atoms with E-state index in [1.54, 1.807) is 18.2 Å². The van der Waals surface area contributed by atoms with E-state index in [0.717, 1.165) is 25.9 Å². The van der Waals surface area contributed by atoms with E-state index in [9.17, 15) is 9.90 Å². The lowest BCUT2D eigenvalue weighted by Gasteiger charge is -2.35. The Hall–Kier alpha value is -1.61. The van der Waals surface area contributed by atoms with Gasteiger partial charge in [0.2, 0.25) is 5.91 Å². The molecular formula is C16H20ClN3O2. The van der Waals surface area contributed by atoms with Gasteiger partial charge >= 0.3 is 0 Å². The zero-order valence-electron chi connectivity index (χ0n) is 12.6. The van der Waals surface area contributed by atoms with Crippen LogP contribution in [0.25, 0.3) is 0 Å². The molecule has 0 spiro atoms. The molecule has 1 amide bonds.